The minimum absolute atomic E-state index is 0.172. The molecular weight excluding hydrogens is 276 g/mol. The molecule has 0 bridgehead atoms. The Morgan fingerprint density at radius 1 is 1.22 bits per heavy atom. The van der Waals surface area contributed by atoms with Crippen LogP contribution in [-0.2, 0) is 0 Å². The Morgan fingerprint density at radius 3 is 2.50 bits per heavy atom. The van der Waals surface area contributed by atoms with E-state index in [1.807, 2.05) is 6.92 Å². The summed E-state index contributed by atoms with van der Waals surface area (Å²) in [6, 6.07) is 4.79. The maximum atomic E-state index is 13.7. The van der Waals surface area contributed by atoms with Gasteiger partial charge in [0.15, 0.2) is 5.82 Å². The monoisotopic (exact) mass is 285 g/mol. The Balaban J connectivity index is 2.51. The van der Waals surface area contributed by atoms with E-state index in [2.05, 4.69) is 15.3 Å². The average Bonchev–Trinajstić information content (AvgIpc) is 2.30. The summed E-state index contributed by atoms with van der Waals surface area (Å²) in [5.41, 5.74) is 0.692. The quantitative estimate of drug-likeness (QED) is 0.926. The zero-order valence-corrected chi connectivity index (χ0v) is 11.1. The van der Waals surface area contributed by atoms with Gasteiger partial charge in [0.2, 0.25) is 5.95 Å². The summed E-state index contributed by atoms with van der Waals surface area (Å²) in [6.07, 6.45) is 1.12. The molecule has 1 aromatic heterocycles. The van der Waals surface area contributed by atoms with Gasteiger partial charge in [0, 0.05) is 22.2 Å². The number of benzene rings is 1. The Bertz CT molecular complexity index is 555. The average molecular weight is 286 g/mol. The first-order chi connectivity index (χ1) is 8.60. The number of nitrogens with zero attached hydrogens (tertiary/aromatic N) is 2. The highest BCUT2D eigenvalue weighted by Crippen LogP contribution is 2.27. The smallest absolute Gasteiger partial charge is 0.223 e. The van der Waals surface area contributed by atoms with Crippen molar-refractivity contribution in [1.29, 1.82) is 0 Å². The van der Waals surface area contributed by atoms with Crippen LogP contribution in [-0.4, -0.2) is 16.5 Å². The third-order valence-corrected chi connectivity index (χ3v) is 2.65. The van der Waals surface area contributed by atoms with E-state index in [1.54, 1.807) is 18.2 Å². The summed E-state index contributed by atoms with van der Waals surface area (Å²) in [6.45, 7) is 2.56. The van der Waals surface area contributed by atoms with Crippen molar-refractivity contribution >= 4 is 29.2 Å². The molecular formula is C12H10Cl2FN3. The molecule has 0 aliphatic rings. The molecule has 0 saturated heterocycles. The van der Waals surface area contributed by atoms with Gasteiger partial charge in [-0.3, -0.25) is 0 Å². The molecule has 0 aliphatic carbocycles. The number of nitrogens with one attached hydrogen (secondary N) is 1. The third-order valence-electron chi connectivity index (χ3n) is 2.21. The fourth-order valence-electron chi connectivity index (χ4n) is 1.50. The third kappa shape index (κ3) is 2.89. The molecule has 0 unspecified atom stereocenters. The molecule has 3 nitrogen and oxygen atoms in total. The van der Waals surface area contributed by atoms with Crippen LogP contribution < -0.4 is 5.32 Å². The van der Waals surface area contributed by atoms with Crippen molar-refractivity contribution in [2.24, 2.45) is 0 Å². The van der Waals surface area contributed by atoms with E-state index in [9.17, 15) is 4.39 Å². The van der Waals surface area contributed by atoms with E-state index >= 15 is 0 Å². The lowest BCUT2D eigenvalue weighted by atomic mass is 10.1. The van der Waals surface area contributed by atoms with E-state index in [-0.39, 0.29) is 5.69 Å². The summed E-state index contributed by atoms with van der Waals surface area (Å²) in [7, 11) is 0. The molecule has 0 amide bonds. The molecule has 2 aromatic rings. The molecule has 6 heteroatoms. The number of hydrogen-bond acceptors (Lipinski definition) is 3. The maximum absolute atomic E-state index is 13.7. The van der Waals surface area contributed by atoms with Gasteiger partial charge in [-0.05, 0) is 25.1 Å². The number of halogens is 3. The van der Waals surface area contributed by atoms with Crippen LogP contribution in [0.25, 0.3) is 11.3 Å². The predicted octanol–water partition coefficient (Wildman–Crippen LogP) is 4.02. The second-order valence-electron chi connectivity index (χ2n) is 3.58. The molecule has 1 heterocycles. The lowest BCUT2D eigenvalue weighted by molar-refractivity contribution is 0.618. The van der Waals surface area contributed by atoms with Crippen LogP contribution in [0.3, 0.4) is 0 Å². The Kier molecular flexibility index (Phi) is 3.99. The summed E-state index contributed by atoms with van der Waals surface area (Å²) in [4.78, 5) is 7.94. The molecule has 0 aliphatic heterocycles. The minimum atomic E-state index is -0.519. The second-order valence-corrected chi connectivity index (χ2v) is 4.45. The number of aromatic nitrogens is 2. The van der Waals surface area contributed by atoms with E-state index in [0.29, 0.717) is 28.1 Å². The maximum Gasteiger partial charge on any atom is 0.223 e. The molecule has 0 fully saturated rings. The predicted molar refractivity (Wildman–Crippen MR) is 71.6 cm³/mol. The molecule has 1 aromatic carbocycles. The second kappa shape index (κ2) is 5.50. The molecule has 0 saturated carbocycles. The van der Waals surface area contributed by atoms with Gasteiger partial charge < -0.3 is 5.32 Å². The van der Waals surface area contributed by atoms with Gasteiger partial charge >= 0.3 is 0 Å². The lowest BCUT2D eigenvalue weighted by Crippen LogP contribution is -2.04. The molecule has 1 N–H and O–H groups in total. The highest BCUT2D eigenvalue weighted by Gasteiger charge is 2.10. The van der Waals surface area contributed by atoms with Crippen molar-refractivity contribution in [1.82, 2.24) is 9.97 Å². The zero-order chi connectivity index (χ0) is 13.1. The molecule has 18 heavy (non-hydrogen) atoms. The van der Waals surface area contributed by atoms with Gasteiger partial charge in [0.05, 0.1) is 6.20 Å². The van der Waals surface area contributed by atoms with Gasteiger partial charge in [-0.1, -0.05) is 23.2 Å². The van der Waals surface area contributed by atoms with E-state index in [4.69, 9.17) is 23.2 Å². The molecule has 0 spiro atoms. The van der Waals surface area contributed by atoms with Gasteiger partial charge in [0.1, 0.15) is 5.69 Å². The van der Waals surface area contributed by atoms with E-state index in [0.717, 1.165) is 6.20 Å². The first-order valence-electron chi connectivity index (χ1n) is 5.33. The number of hydrogen-bond donors (Lipinski definition) is 1. The lowest BCUT2D eigenvalue weighted by Gasteiger charge is -2.07. The SMILES string of the molecule is CCNc1ncc(F)c(-c2cc(Cl)cc(Cl)c2)n1. The highest BCUT2D eigenvalue weighted by atomic mass is 35.5. The topological polar surface area (TPSA) is 37.8 Å². The zero-order valence-electron chi connectivity index (χ0n) is 9.54. The van der Waals surface area contributed by atoms with Crippen LogP contribution in [0.5, 0.6) is 0 Å². The van der Waals surface area contributed by atoms with Crippen molar-refractivity contribution in [2.75, 3.05) is 11.9 Å². The normalized spacial score (nSPS) is 10.4. The van der Waals surface area contributed by atoms with Crippen molar-refractivity contribution in [3.05, 3.63) is 40.3 Å². The van der Waals surface area contributed by atoms with Crippen LogP contribution in [0.2, 0.25) is 10.0 Å². The largest absolute Gasteiger partial charge is 0.354 e. The van der Waals surface area contributed by atoms with Crippen LogP contribution >= 0.6 is 23.2 Å². The van der Waals surface area contributed by atoms with Crippen LogP contribution in [0.15, 0.2) is 24.4 Å². The number of anilines is 1. The van der Waals surface area contributed by atoms with Crippen molar-refractivity contribution in [3.8, 4) is 11.3 Å². The summed E-state index contributed by atoms with van der Waals surface area (Å²) >= 11 is 11.8. The molecule has 2 rings (SSSR count). The number of rotatable bonds is 3. The fraction of sp³-hybridized carbons (Fsp3) is 0.167. The van der Waals surface area contributed by atoms with Crippen LogP contribution in [0.4, 0.5) is 10.3 Å². The van der Waals surface area contributed by atoms with Gasteiger partial charge in [-0.25, -0.2) is 14.4 Å². The summed E-state index contributed by atoms with van der Waals surface area (Å²) in [5, 5.41) is 3.78. The van der Waals surface area contributed by atoms with Gasteiger partial charge in [-0.15, -0.1) is 0 Å². The Hall–Kier alpha value is -1.39. The van der Waals surface area contributed by atoms with E-state index in [1.165, 1.54) is 0 Å². The van der Waals surface area contributed by atoms with E-state index < -0.39 is 5.82 Å². The highest BCUT2D eigenvalue weighted by molar-refractivity contribution is 6.35. The summed E-state index contributed by atoms with van der Waals surface area (Å²) < 4.78 is 13.7. The van der Waals surface area contributed by atoms with Gasteiger partial charge in [0.25, 0.3) is 0 Å². The van der Waals surface area contributed by atoms with Crippen molar-refractivity contribution in [2.45, 2.75) is 6.92 Å². The first kappa shape index (κ1) is 13.1. The first-order valence-corrected chi connectivity index (χ1v) is 6.08. The molecule has 94 valence electrons. The van der Waals surface area contributed by atoms with Crippen LogP contribution in [0, 0.1) is 5.82 Å². The minimum Gasteiger partial charge on any atom is -0.354 e. The Morgan fingerprint density at radius 2 is 1.89 bits per heavy atom. The molecule has 0 radical (unpaired) electrons. The standard InChI is InChI=1S/C12H10Cl2FN3/c1-2-16-12-17-6-10(15)11(18-12)7-3-8(13)5-9(14)4-7/h3-6H,2H2,1H3,(H,16,17,18). The van der Waals surface area contributed by atoms with Crippen molar-refractivity contribution in [3.63, 3.8) is 0 Å². The van der Waals surface area contributed by atoms with Crippen molar-refractivity contribution < 1.29 is 4.39 Å². The molecule has 0 atom stereocenters. The fourth-order valence-corrected chi connectivity index (χ4v) is 2.03. The summed E-state index contributed by atoms with van der Waals surface area (Å²) in [5.74, 6) is -0.153. The van der Waals surface area contributed by atoms with Crippen LogP contribution in [0.1, 0.15) is 6.92 Å². The van der Waals surface area contributed by atoms with Gasteiger partial charge in [-0.2, -0.15) is 0 Å². The Labute approximate surface area is 114 Å².